The van der Waals surface area contributed by atoms with Crippen molar-refractivity contribution in [3.63, 3.8) is 0 Å². The SMILES string of the molecule is O=C(Nc1nc(-c2cccc(F)c2)cs1)c1cccc(NC(=O)c2cccs2)c1. The number of carbonyl (C=O) groups is 2. The van der Waals surface area contributed by atoms with Gasteiger partial charge in [0.15, 0.2) is 5.13 Å². The van der Waals surface area contributed by atoms with Crippen molar-refractivity contribution in [2.24, 2.45) is 0 Å². The molecular weight excluding hydrogens is 409 g/mol. The van der Waals surface area contributed by atoms with Crippen LogP contribution in [0, 0.1) is 5.82 Å². The molecule has 0 bridgehead atoms. The zero-order chi connectivity index (χ0) is 20.2. The van der Waals surface area contributed by atoms with Crippen LogP contribution in [0.15, 0.2) is 71.4 Å². The highest BCUT2D eigenvalue weighted by atomic mass is 32.1. The fraction of sp³-hybridized carbons (Fsp3) is 0. The zero-order valence-electron chi connectivity index (χ0n) is 14.9. The van der Waals surface area contributed by atoms with E-state index in [0.717, 1.165) is 0 Å². The number of thiazole rings is 1. The minimum absolute atomic E-state index is 0.225. The molecule has 2 heterocycles. The van der Waals surface area contributed by atoms with E-state index in [0.29, 0.717) is 32.5 Å². The van der Waals surface area contributed by atoms with E-state index >= 15 is 0 Å². The largest absolute Gasteiger partial charge is 0.321 e. The molecule has 29 heavy (non-hydrogen) atoms. The van der Waals surface area contributed by atoms with Gasteiger partial charge in [0.1, 0.15) is 5.82 Å². The average Bonchev–Trinajstić information content (AvgIpc) is 3.40. The molecule has 0 spiro atoms. The molecule has 4 rings (SSSR count). The molecule has 2 N–H and O–H groups in total. The number of benzene rings is 2. The quantitative estimate of drug-likeness (QED) is 0.444. The molecule has 0 aliphatic heterocycles. The highest BCUT2D eigenvalue weighted by Gasteiger charge is 2.12. The maximum absolute atomic E-state index is 13.4. The van der Waals surface area contributed by atoms with Crippen molar-refractivity contribution in [2.75, 3.05) is 10.6 Å². The Kier molecular flexibility index (Phi) is 5.46. The topological polar surface area (TPSA) is 71.1 Å². The van der Waals surface area contributed by atoms with E-state index in [-0.39, 0.29) is 17.6 Å². The normalized spacial score (nSPS) is 10.5. The summed E-state index contributed by atoms with van der Waals surface area (Å²) in [5.41, 5.74) is 2.13. The monoisotopic (exact) mass is 423 g/mol. The van der Waals surface area contributed by atoms with Gasteiger partial charge in [-0.15, -0.1) is 22.7 Å². The van der Waals surface area contributed by atoms with Crippen molar-refractivity contribution >= 4 is 45.3 Å². The molecule has 2 aromatic heterocycles. The molecule has 2 amide bonds. The van der Waals surface area contributed by atoms with Gasteiger partial charge in [-0.3, -0.25) is 14.9 Å². The molecule has 5 nitrogen and oxygen atoms in total. The van der Waals surface area contributed by atoms with Crippen LogP contribution in [-0.2, 0) is 0 Å². The first kappa shape index (κ1) is 19.0. The lowest BCUT2D eigenvalue weighted by atomic mass is 10.2. The first-order valence-corrected chi connectivity index (χ1v) is 10.3. The Balaban J connectivity index is 1.46. The van der Waals surface area contributed by atoms with E-state index in [9.17, 15) is 14.0 Å². The second-order valence-electron chi connectivity index (χ2n) is 6.01. The summed E-state index contributed by atoms with van der Waals surface area (Å²) in [4.78, 5) is 29.7. The molecule has 0 radical (unpaired) electrons. The molecule has 2 aromatic carbocycles. The van der Waals surface area contributed by atoms with Crippen LogP contribution in [0.3, 0.4) is 0 Å². The summed E-state index contributed by atoms with van der Waals surface area (Å²) in [5, 5.41) is 9.49. The van der Waals surface area contributed by atoms with Crippen LogP contribution in [0.5, 0.6) is 0 Å². The molecule has 0 fully saturated rings. The molecule has 8 heteroatoms. The van der Waals surface area contributed by atoms with Crippen molar-refractivity contribution in [2.45, 2.75) is 0 Å². The lowest BCUT2D eigenvalue weighted by molar-refractivity contribution is 0.101. The minimum Gasteiger partial charge on any atom is -0.321 e. The van der Waals surface area contributed by atoms with E-state index < -0.39 is 0 Å². The number of nitrogens with one attached hydrogen (secondary N) is 2. The Morgan fingerprint density at radius 1 is 0.897 bits per heavy atom. The fourth-order valence-corrected chi connectivity index (χ4v) is 3.95. The minimum atomic E-state index is -0.350. The van der Waals surface area contributed by atoms with Crippen LogP contribution in [0.4, 0.5) is 15.2 Å². The predicted octanol–water partition coefficient (Wildman–Crippen LogP) is 5.52. The lowest BCUT2D eigenvalue weighted by Crippen LogP contribution is -2.14. The summed E-state index contributed by atoms with van der Waals surface area (Å²) < 4.78 is 13.4. The van der Waals surface area contributed by atoms with Crippen LogP contribution in [0.2, 0.25) is 0 Å². The summed E-state index contributed by atoms with van der Waals surface area (Å²) in [6.45, 7) is 0. The number of carbonyl (C=O) groups excluding carboxylic acids is 2. The molecule has 0 saturated heterocycles. The maximum Gasteiger partial charge on any atom is 0.265 e. The number of hydrogen-bond acceptors (Lipinski definition) is 5. The number of nitrogens with zero attached hydrogens (tertiary/aromatic N) is 1. The number of amides is 2. The van der Waals surface area contributed by atoms with Gasteiger partial charge >= 0.3 is 0 Å². The number of thiophene rings is 1. The Morgan fingerprint density at radius 2 is 1.76 bits per heavy atom. The van der Waals surface area contributed by atoms with Crippen molar-refractivity contribution in [1.29, 1.82) is 0 Å². The first-order valence-electron chi connectivity index (χ1n) is 8.56. The van der Waals surface area contributed by atoms with Crippen LogP contribution >= 0.6 is 22.7 Å². The maximum atomic E-state index is 13.4. The molecule has 144 valence electrons. The molecule has 0 atom stereocenters. The third-order valence-corrected chi connectivity index (χ3v) is 5.60. The van der Waals surface area contributed by atoms with E-state index in [4.69, 9.17) is 0 Å². The standard InChI is InChI=1S/C21H14FN3O2S2/c22-15-6-1-4-13(10-15)17-12-29-21(24-17)25-19(26)14-5-2-7-16(11-14)23-20(27)18-8-3-9-28-18/h1-12H,(H,23,27)(H,24,25,26). The van der Waals surface area contributed by atoms with Gasteiger partial charge in [0.25, 0.3) is 11.8 Å². The Labute approximate surface area is 173 Å². The Morgan fingerprint density at radius 3 is 2.55 bits per heavy atom. The van der Waals surface area contributed by atoms with Crippen molar-refractivity contribution in [1.82, 2.24) is 4.98 Å². The highest BCUT2D eigenvalue weighted by molar-refractivity contribution is 7.14. The van der Waals surface area contributed by atoms with Crippen LogP contribution in [-0.4, -0.2) is 16.8 Å². The Bertz CT molecular complexity index is 1170. The average molecular weight is 423 g/mol. The summed E-state index contributed by atoms with van der Waals surface area (Å²) >= 11 is 2.59. The summed E-state index contributed by atoms with van der Waals surface area (Å²) in [6, 6.07) is 16.3. The molecule has 0 unspecified atom stereocenters. The summed E-state index contributed by atoms with van der Waals surface area (Å²) in [6.07, 6.45) is 0. The summed E-state index contributed by atoms with van der Waals surface area (Å²) in [7, 11) is 0. The van der Waals surface area contributed by atoms with Crippen LogP contribution in [0.25, 0.3) is 11.3 Å². The van der Waals surface area contributed by atoms with Crippen molar-refractivity contribution in [3.8, 4) is 11.3 Å². The van der Waals surface area contributed by atoms with Gasteiger partial charge in [-0.1, -0.05) is 24.3 Å². The zero-order valence-corrected chi connectivity index (χ0v) is 16.5. The van der Waals surface area contributed by atoms with E-state index in [1.165, 1.54) is 34.8 Å². The molecule has 0 aliphatic carbocycles. The molecule has 0 saturated carbocycles. The van der Waals surface area contributed by atoms with Gasteiger partial charge in [0.2, 0.25) is 0 Å². The molecule has 4 aromatic rings. The van der Waals surface area contributed by atoms with Gasteiger partial charge in [0.05, 0.1) is 10.6 Å². The van der Waals surface area contributed by atoms with Crippen LogP contribution < -0.4 is 10.6 Å². The van der Waals surface area contributed by atoms with Gasteiger partial charge in [0, 0.05) is 22.2 Å². The van der Waals surface area contributed by atoms with E-state index in [2.05, 4.69) is 15.6 Å². The second-order valence-corrected chi connectivity index (χ2v) is 7.82. The fourth-order valence-electron chi connectivity index (χ4n) is 2.62. The van der Waals surface area contributed by atoms with Crippen molar-refractivity contribution < 1.29 is 14.0 Å². The first-order chi connectivity index (χ1) is 14.1. The Hall–Kier alpha value is -3.36. The number of aromatic nitrogens is 1. The number of halogens is 1. The van der Waals surface area contributed by atoms with Gasteiger partial charge in [-0.05, 0) is 41.8 Å². The molecular formula is C21H14FN3O2S2. The lowest BCUT2D eigenvalue weighted by Gasteiger charge is -2.06. The third kappa shape index (κ3) is 4.56. The molecule has 0 aliphatic rings. The van der Waals surface area contributed by atoms with E-state index in [1.54, 1.807) is 53.9 Å². The van der Waals surface area contributed by atoms with Gasteiger partial charge < -0.3 is 5.32 Å². The highest BCUT2D eigenvalue weighted by Crippen LogP contribution is 2.26. The van der Waals surface area contributed by atoms with Gasteiger partial charge in [-0.2, -0.15) is 0 Å². The van der Waals surface area contributed by atoms with Crippen molar-refractivity contribution in [3.05, 3.63) is 87.7 Å². The van der Waals surface area contributed by atoms with Gasteiger partial charge in [-0.25, -0.2) is 9.37 Å². The van der Waals surface area contributed by atoms with E-state index in [1.807, 2.05) is 5.38 Å². The third-order valence-electron chi connectivity index (χ3n) is 3.97. The number of anilines is 2. The van der Waals surface area contributed by atoms with Crippen LogP contribution in [0.1, 0.15) is 20.0 Å². The second kappa shape index (κ2) is 8.34. The smallest absolute Gasteiger partial charge is 0.265 e. The number of rotatable bonds is 5. The predicted molar refractivity (Wildman–Crippen MR) is 114 cm³/mol. The summed E-state index contributed by atoms with van der Waals surface area (Å²) in [5.74, 6) is -0.919. The number of hydrogen-bond donors (Lipinski definition) is 2.